The lowest BCUT2D eigenvalue weighted by Crippen LogP contribution is -2.48. The van der Waals surface area contributed by atoms with Crippen LogP contribution in [0.25, 0.3) is 0 Å². The SMILES string of the molecule is CCCN(C1CCC(N)CC1)C1CCC(CC)CC1. The molecule has 0 aliphatic heterocycles. The molecule has 0 radical (unpaired) electrons. The maximum Gasteiger partial charge on any atom is 0.00993 e. The summed E-state index contributed by atoms with van der Waals surface area (Å²) in [5.74, 6) is 1.01. The molecule has 0 amide bonds. The van der Waals surface area contributed by atoms with Crippen molar-refractivity contribution in [3.8, 4) is 0 Å². The van der Waals surface area contributed by atoms with Crippen molar-refractivity contribution in [2.45, 2.75) is 96.2 Å². The monoisotopic (exact) mass is 266 g/mol. The minimum Gasteiger partial charge on any atom is -0.328 e. The number of hydrogen-bond acceptors (Lipinski definition) is 2. The normalized spacial score (nSPS) is 36.6. The molecule has 2 heteroatoms. The van der Waals surface area contributed by atoms with Crippen molar-refractivity contribution in [1.82, 2.24) is 4.90 Å². The summed E-state index contributed by atoms with van der Waals surface area (Å²) in [4.78, 5) is 2.87. The first kappa shape index (κ1) is 15.3. The zero-order valence-corrected chi connectivity index (χ0v) is 13.1. The minimum atomic E-state index is 0.482. The first-order chi connectivity index (χ1) is 9.24. The van der Waals surface area contributed by atoms with E-state index < -0.39 is 0 Å². The largest absolute Gasteiger partial charge is 0.328 e. The highest BCUT2D eigenvalue weighted by molar-refractivity contribution is 4.87. The van der Waals surface area contributed by atoms with E-state index in [1.807, 2.05) is 0 Å². The molecule has 2 N–H and O–H groups in total. The third kappa shape index (κ3) is 4.19. The van der Waals surface area contributed by atoms with Crippen molar-refractivity contribution in [3.63, 3.8) is 0 Å². The highest BCUT2D eigenvalue weighted by Crippen LogP contribution is 2.33. The van der Waals surface area contributed by atoms with Gasteiger partial charge in [0.25, 0.3) is 0 Å². The van der Waals surface area contributed by atoms with Crippen molar-refractivity contribution in [2.75, 3.05) is 6.54 Å². The summed E-state index contributed by atoms with van der Waals surface area (Å²) in [7, 11) is 0. The molecule has 2 saturated carbocycles. The van der Waals surface area contributed by atoms with E-state index in [0.717, 1.165) is 18.0 Å². The average Bonchev–Trinajstić information content (AvgIpc) is 2.46. The average molecular weight is 266 g/mol. The van der Waals surface area contributed by atoms with Crippen LogP contribution in [0.15, 0.2) is 0 Å². The zero-order chi connectivity index (χ0) is 13.7. The molecule has 2 aliphatic rings. The molecule has 0 aromatic rings. The smallest absolute Gasteiger partial charge is 0.00993 e. The first-order valence-electron chi connectivity index (χ1n) is 8.75. The summed E-state index contributed by atoms with van der Waals surface area (Å²) in [6.07, 6.45) is 13.7. The predicted octanol–water partition coefficient (Wildman–Crippen LogP) is 3.94. The Hall–Kier alpha value is -0.0800. The molecule has 0 spiro atoms. The Kier molecular flexibility index (Phi) is 6.15. The van der Waals surface area contributed by atoms with Gasteiger partial charge in [0.05, 0.1) is 0 Å². The van der Waals surface area contributed by atoms with Gasteiger partial charge in [0.2, 0.25) is 0 Å². The number of nitrogens with zero attached hydrogens (tertiary/aromatic N) is 1. The van der Waals surface area contributed by atoms with E-state index in [-0.39, 0.29) is 0 Å². The zero-order valence-electron chi connectivity index (χ0n) is 13.1. The second-order valence-electron chi connectivity index (χ2n) is 6.89. The topological polar surface area (TPSA) is 29.3 Å². The van der Waals surface area contributed by atoms with Crippen LogP contribution < -0.4 is 5.73 Å². The number of nitrogens with two attached hydrogens (primary N) is 1. The van der Waals surface area contributed by atoms with Gasteiger partial charge in [0.1, 0.15) is 0 Å². The number of rotatable bonds is 5. The molecule has 0 heterocycles. The number of hydrogen-bond donors (Lipinski definition) is 1. The lowest BCUT2D eigenvalue weighted by atomic mass is 9.82. The summed E-state index contributed by atoms with van der Waals surface area (Å²) in [6.45, 7) is 6.00. The van der Waals surface area contributed by atoms with Crippen LogP contribution in [0.5, 0.6) is 0 Å². The summed E-state index contributed by atoms with van der Waals surface area (Å²) in [6, 6.07) is 2.19. The molecule has 112 valence electrons. The maximum absolute atomic E-state index is 6.07. The quantitative estimate of drug-likeness (QED) is 0.816. The fraction of sp³-hybridized carbons (Fsp3) is 1.00. The van der Waals surface area contributed by atoms with Gasteiger partial charge >= 0.3 is 0 Å². The molecular weight excluding hydrogens is 232 g/mol. The van der Waals surface area contributed by atoms with Gasteiger partial charge in [-0.25, -0.2) is 0 Å². The Morgan fingerprint density at radius 3 is 1.84 bits per heavy atom. The van der Waals surface area contributed by atoms with Crippen molar-refractivity contribution in [3.05, 3.63) is 0 Å². The Balaban J connectivity index is 1.88. The van der Waals surface area contributed by atoms with Gasteiger partial charge in [-0.3, -0.25) is 4.90 Å². The highest BCUT2D eigenvalue weighted by atomic mass is 15.2. The Bertz CT molecular complexity index is 238. The van der Waals surface area contributed by atoms with Gasteiger partial charge in [-0.1, -0.05) is 20.3 Å². The van der Waals surface area contributed by atoms with E-state index in [9.17, 15) is 0 Å². The summed E-state index contributed by atoms with van der Waals surface area (Å²) in [5, 5.41) is 0. The fourth-order valence-corrected chi connectivity index (χ4v) is 4.24. The van der Waals surface area contributed by atoms with Gasteiger partial charge in [-0.15, -0.1) is 0 Å². The van der Waals surface area contributed by atoms with Crippen LogP contribution in [0.1, 0.15) is 78.1 Å². The van der Waals surface area contributed by atoms with Crippen LogP contribution in [-0.2, 0) is 0 Å². The van der Waals surface area contributed by atoms with Crippen LogP contribution in [0.4, 0.5) is 0 Å². The molecule has 0 unspecified atom stereocenters. The molecule has 0 bridgehead atoms. The lowest BCUT2D eigenvalue weighted by Gasteiger charge is -2.43. The van der Waals surface area contributed by atoms with E-state index in [1.165, 1.54) is 70.8 Å². The summed E-state index contributed by atoms with van der Waals surface area (Å²) >= 11 is 0. The van der Waals surface area contributed by atoms with Crippen LogP contribution in [0.3, 0.4) is 0 Å². The van der Waals surface area contributed by atoms with Crippen LogP contribution in [-0.4, -0.2) is 29.6 Å². The predicted molar refractivity (Wildman–Crippen MR) is 83.3 cm³/mol. The van der Waals surface area contributed by atoms with Gasteiger partial charge < -0.3 is 5.73 Å². The van der Waals surface area contributed by atoms with E-state index >= 15 is 0 Å². The van der Waals surface area contributed by atoms with Crippen molar-refractivity contribution in [1.29, 1.82) is 0 Å². The second-order valence-corrected chi connectivity index (χ2v) is 6.89. The molecule has 0 saturated heterocycles. The summed E-state index contributed by atoms with van der Waals surface area (Å²) in [5.41, 5.74) is 6.07. The Morgan fingerprint density at radius 1 is 0.842 bits per heavy atom. The lowest BCUT2D eigenvalue weighted by molar-refractivity contribution is 0.0672. The third-order valence-corrected chi connectivity index (χ3v) is 5.55. The molecule has 2 fully saturated rings. The fourth-order valence-electron chi connectivity index (χ4n) is 4.24. The van der Waals surface area contributed by atoms with Crippen LogP contribution in [0.2, 0.25) is 0 Å². The molecule has 19 heavy (non-hydrogen) atoms. The van der Waals surface area contributed by atoms with E-state index in [1.54, 1.807) is 0 Å². The van der Waals surface area contributed by atoms with Crippen molar-refractivity contribution in [2.24, 2.45) is 11.7 Å². The third-order valence-electron chi connectivity index (χ3n) is 5.55. The van der Waals surface area contributed by atoms with Crippen LogP contribution >= 0.6 is 0 Å². The van der Waals surface area contributed by atoms with Gasteiger partial charge in [0, 0.05) is 18.1 Å². The Morgan fingerprint density at radius 2 is 1.37 bits per heavy atom. The van der Waals surface area contributed by atoms with E-state index in [4.69, 9.17) is 5.73 Å². The highest BCUT2D eigenvalue weighted by Gasteiger charge is 2.31. The standard InChI is InChI=1S/C17H34N2/c1-3-13-19(17-11-7-15(18)8-12-17)16-9-5-14(4-2)6-10-16/h14-17H,3-13,18H2,1-2H3. The molecule has 0 aromatic carbocycles. The second kappa shape index (κ2) is 7.64. The molecule has 2 nitrogen and oxygen atoms in total. The van der Waals surface area contributed by atoms with Gasteiger partial charge in [-0.05, 0) is 70.3 Å². The van der Waals surface area contributed by atoms with Gasteiger partial charge in [0.15, 0.2) is 0 Å². The minimum absolute atomic E-state index is 0.482. The molecule has 0 atom stereocenters. The van der Waals surface area contributed by atoms with Crippen molar-refractivity contribution < 1.29 is 0 Å². The van der Waals surface area contributed by atoms with Crippen molar-refractivity contribution >= 4 is 0 Å². The molecule has 2 aliphatic carbocycles. The maximum atomic E-state index is 6.07. The van der Waals surface area contributed by atoms with Crippen LogP contribution in [0, 0.1) is 5.92 Å². The first-order valence-corrected chi connectivity index (χ1v) is 8.75. The molecular formula is C17H34N2. The summed E-state index contributed by atoms with van der Waals surface area (Å²) < 4.78 is 0. The van der Waals surface area contributed by atoms with E-state index in [0.29, 0.717) is 6.04 Å². The molecule has 0 aromatic heterocycles. The molecule has 2 rings (SSSR count). The van der Waals surface area contributed by atoms with E-state index in [2.05, 4.69) is 18.7 Å². The Labute approximate surface area is 120 Å². The van der Waals surface area contributed by atoms with Gasteiger partial charge in [-0.2, -0.15) is 0 Å².